The van der Waals surface area contributed by atoms with Gasteiger partial charge in [0.2, 0.25) is 5.91 Å². The molecule has 0 radical (unpaired) electrons. The van der Waals surface area contributed by atoms with E-state index in [2.05, 4.69) is 0 Å². The number of benzene rings is 3. The van der Waals surface area contributed by atoms with Crippen LogP contribution in [0.25, 0.3) is 0 Å². The Labute approximate surface area is 201 Å². The van der Waals surface area contributed by atoms with Gasteiger partial charge in [-0.05, 0) is 60.4 Å². The number of hydrogen-bond acceptors (Lipinski definition) is 7. The molecular formula is C26H22N2O5S. The molecule has 0 aromatic heterocycles. The van der Waals surface area contributed by atoms with Crippen molar-refractivity contribution in [1.29, 1.82) is 0 Å². The fourth-order valence-electron chi connectivity index (χ4n) is 4.47. The smallest absolute Gasteiger partial charge is 0.337 e. The van der Waals surface area contributed by atoms with Crippen molar-refractivity contribution in [2.24, 2.45) is 5.92 Å². The minimum absolute atomic E-state index is 0.335. The lowest BCUT2D eigenvalue weighted by Crippen LogP contribution is -2.37. The second-order valence-electron chi connectivity index (χ2n) is 7.98. The van der Waals surface area contributed by atoms with Gasteiger partial charge in [-0.15, -0.1) is 11.8 Å². The fourth-order valence-corrected chi connectivity index (χ4v) is 4.88. The van der Waals surface area contributed by atoms with E-state index in [4.69, 9.17) is 9.57 Å². The molecule has 2 heterocycles. The number of thioether (sulfide) groups is 1. The Balaban J connectivity index is 1.52. The summed E-state index contributed by atoms with van der Waals surface area (Å²) in [6, 6.07) is 23.1. The molecule has 2 aliphatic rings. The van der Waals surface area contributed by atoms with Gasteiger partial charge in [-0.2, -0.15) is 0 Å². The Morgan fingerprint density at radius 3 is 2.18 bits per heavy atom. The van der Waals surface area contributed by atoms with Crippen LogP contribution in [-0.4, -0.2) is 37.3 Å². The average molecular weight is 475 g/mol. The predicted octanol–water partition coefficient (Wildman–Crippen LogP) is 4.25. The molecule has 8 heteroatoms. The van der Waals surface area contributed by atoms with Crippen molar-refractivity contribution >= 4 is 40.9 Å². The topological polar surface area (TPSA) is 76.2 Å². The molecule has 2 saturated heterocycles. The summed E-state index contributed by atoms with van der Waals surface area (Å²) in [6.45, 7) is 0. The van der Waals surface area contributed by atoms with Crippen molar-refractivity contribution in [3.63, 3.8) is 0 Å². The van der Waals surface area contributed by atoms with Crippen LogP contribution in [0.2, 0.25) is 0 Å². The zero-order chi connectivity index (χ0) is 23.8. The molecule has 3 atom stereocenters. The predicted molar refractivity (Wildman–Crippen MR) is 129 cm³/mol. The van der Waals surface area contributed by atoms with Crippen molar-refractivity contribution < 1.29 is 24.0 Å². The molecule has 3 aromatic carbocycles. The number of carbonyl (C=O) groups excluding carboxylic acids is 3. The van der Waals surface area contributed by atoms with Crippen molar-refractivity contribution in [3.05, 3.63) is 90.0 Å². The number of hydroxylamine groups is 1. The number of anilines is 2. The molecule has 3 aromatic rings. The summed E-state index contributed by atoms with van der Waals surface area (Å²) in [7, 11) is 1.30. The highest BCUT2D eigenvalue weighted by atomic mass is 32.2. The van der Waals surface area contributed by atoms with E-state index >= 15 is 0 Å². The maximum absolute atomic E-state index is 13.7. The molecule has 7 nitrogen and oxygen atoms in total. The highest BCUT2D eigenvalue weighted by molar-refractivity contribution is 7.98. The molecular weight excluding hydrogens is 452 g/mol. The van der Waals surface area contributed by atoms with Gasteiger partial charge in [0, 0.05) is 4.90 Å². The lowest BCUT2D eigenvalue weighted by atomic mass is 9.90. The third-order valence-corrected chi connectivity index (χ3v) is 6.87. The van der Waals surface area contributed by atoms with Crippen molar-refractivity contribution in [1.82, 2.24) is 0 Å². The summed E-state index contributed by atoms with van der Waals surface area (Å²) >= 11 is 1.63. The Morgan fingerprint density at radius 1 is 0.882 bits per heavy atom. The number of para-hydroxylation sites is 1. The molecule has 34 heavy (non-hydrogen) atoms. The standard InChI is InChI=1S/C26H22N2O5S/c1-32-26(31)17-8-12-18(13-9-17)27-24(29)21-22(16-10-14-20(34-2)15-11-16)28(33-23(21)25(27)30)19-6-4-3-5-7-19/h3-15,21-23H,1-2H3/t21-,22-,23-/m1/s1. The van der Waals surface area contributed by atoms with Gasteiger partial charge in [-0.25, -0.2) is 14.8 Å². The summed E-state index contributed by atoms with van der Waals surface area (Å²) < 4.78 is 4.72. The maximum atomic E-state index is 13.7. The first kappa shape index (κ1) is 22.2. The van der Waals surface area contributed by atoms with Crippen molar-refractivity contribution in [2.45, 2.75) is 17.0 Å². The van der Waals surface area contributed by atoms with Gasteiger partial charge in [0.1, 0.15) is 5.92 Å². The zero-order valence-corrected chi connectivity index (χ0v) is 19.4. The van der Waals surface area contributed by atoms with Crippen LogP contribution < -0.4 is 9.96 Å². The number of hydrogen-bond donors (Lipinski definition) is 0. The first-order valence-corrected chi connectivity index (χ1v) is 12.0. The summed E-state index contributed by atoms with van der Waals surface area (Å²) in [5.74, 6) is -1.96. The molecule has 2 fully saturated rings. The number of ether oxygens (including phenoxy) is 1. The number of rotatable bonds is 5. The van der Waals surface area contributed by atoms with E-state index in [-0.39, 0.29) is 5.91 Å². The number of amides is 2. The van der Waals surface area contributed by atoms with Crippen molar-refractivity contribution in [2.75, 3.05) is 23.3 Å². The van der Waals surface area contributed by atoms with E-state index in [0.717, 1.165) is 21.0 Å². The monoisotopic (exact) mass is 474 g/mol. The molecule has 0 aliphatic carbocycles. The molecule has 0 N–H and O–H groups in total. The largest absolute Gasteiger partial charge is 0.465 e. The Kier molecular flexibility index (Phi) is 5.85. The van der Waals surface area contributed by atoms with Crippen LogP contribution in [0.15, 0.2) is 83.8 Å². The third-order valence-electron chi connectivity index (χ3n) is 6.13. The SMILES string of the molecule is COC(=O)c1ccc(N2C(=O)[C@@H]3[C@@H](c4ccc(SC)cc4)N(c4ccccc4)O[C@H]3C2=O)cc1. The molecule has 2 aliphatic heterocycles. The number of nitrogens with zero attached hydrogens (tertiary/aromatic N) is 2. The van der Waals surface area contributed by atoms with E-state index in [9.17, 15) is 14.4 Å². The van der Waals surface area contributed by atoms with E-state index < -0.39 is 29.9 Å². The number of esters is 1. The van der Waals surface area contributed by atoms with E-state index in [1.165, 1.54) is 19.2 Å². The molecule has 0 saturated carbocycles. The van der Waals surface area contributed by atoms with Crippen LogP contribution in [0.4, 0.5) is 11.4 Å². The molecule has 0 unspecified atom stereocenters. The summed E-state index contributed by atoms with van der Waals surface area (Å²) in [4.78, 5) is 47.2. The van der Waals surface area contributed by atoms with E-state index in [1.54, 1.807) is 29.0 Å². The quantitative estimate of drug-likeness (QED) is 0.311. The zero-order valence-electron chi connectivity index (χ0n) is 18.6. The lowest BCUT2D eigenvalue weighted by Gasteiger charge is -2.28. The fraction of sp³-hybridized carbons (Fsp3) is 0.192. The highest BCUT2D eigenvalue weighted by Crippen LogP contribution is 2.47. The van der Waals surface area contributed by atoms with Crippen LogP contribution >= 0.6 is 11.8 Å². The second kappa shape index (κ2) is 8.96. The van der Waals surface area contributed by atoms with Gasteiger partial charge in [0.25, 0.3) is 5.91 Å². The molecule has 172 valence electrons. The number of methoxy groups -OCH3 is 1. The van der Waals surface area contributed by atoms with Gasteiger partial charge in [-0.1, -0.05) is 30.3 Å². The minimum atomic E-state index is -0.946. The third kappa shape index (κ3) is 3.65. The molecule has 0 bridgehead atoms. The lowest BCUT2D eigenvalue weighted by molar-refractivity contribution is -0.126. The van der Waals surface area contributed by atoms with E-state index in [1.807, 2.05) is 60.9 Å². The van der Waals surface area contributed by atoms with Crippen LogP contribution in [0, 0.1) is 5.92 Å². The first-order valence-electron chi connectivity index (χ1n) is 10.7. The summed E-state index contributed by atoms with van der Waals surface area (Å²) in [5.41, 5.74) is 2.39. The Bertz CT molecular complexity index is 1230. The highest BCUT2D eigenvalue weighted by Gasteiger charge is 2.60. The Morgan fingerprint density at radius 2 is 1.56 bits per heavy atom. The maximum Gasteiger partial charge on any atom is 0.337 e. The first-order chi connectivity index (χ1) is 16.5. The normalized spacial score (nSPS) is 21.6. The molecule has 0 spiro atoms. The van der Waals surface area contributed by atoms with E-state index in [0.29, 0.717) is 11.3 Å². The van der Waals surface area contributed by atoms with Crippen molar-refractivity contribution in [3.8, 4) is 0 Å². The molecule has 5 rings (SSSR count). The van der Waals surface area contributed by atoms with Crippen LogP contribution in [0.5, 0.6) is 0 Å². The number of imide groups is 1. The number of fused-ring (bicyclic) bond motifs is 1. The van der Waals surface area contributed by atoms with Gasteiger partial charge in [0.15, 0.2) is 6.10 Å². The van der Waals surface area contributed by atoms with Gasteiger partial charge >= 0.3 is 5.97 Å². The Hall–Kier alpha value is -3.62. The summed E-state index contributed by atoms with van der Waals surface area (Å²) in [5, 5.41) is 1.68. The number of carbonyl (C=O) groups is 3. The van der Waals surface area contributed by atoms with Crippen LogP contribution in [0.1, 0.15) is 22.0 Å². The molecule has 2 amide bonds. The second-order valence-corrected chi connectivity index (χ2v) is 8.86. The van der Waals surface area contributed by atoms with Gasteiger partial charge in [-0.3, -0.25) is 14.4 Å². The van der Waals surface area contributed by atoms with Crippen LogP contribution in [-0.2, 0) is 19.2 Å². The summed E-state index contributed by atoms with van der Waals surface area (Å²) in [6.07, 6.45) is 1.06. The van der Waals surface area contributed by atoms with Crippen LogP contribution in [0.3, 0.4) is 0 Å². The van der Waals surface area contributed by atoms with Gasteiger partial charge < -0.3 is 4.74 Å². The van der Waals surface area contributed by atoms with Gasteiger partial charge in [0.05, 0.1) is 30.1 Å². The average Bonchev–Trinajstić information content (AvgIpc) is 3.40. The minimum Gasteiger partial charge on any atom is -0.465 e.